The molecular formula is C43H42SiZr-4. The van der Waals surface area contributed by atoms with Gasteiger partial charge in [-0.05, 0) is 31.9 Å². The summed E-state index contributed by atoms with van der Waals surface area (Å²) in [4.78, 5) is 0. The molecule has 7 aromatic carbocycles. The summed E-state index contributed by atoms with van der Waals surface area (Å²) < 4.78 is 0. The number of hydrogen-bond donors (Lipinski definition) is 0. The maximum absolute atomic E-state index is 3.06. The number of fused-ring (bicyclic) bond motifs is 2. The fourth-order valence-corrected chi connectivity index (χ4v) is 6.34. The van der Waals surface area contributed by atoms with Crippen LogP contribution in [0.25, 0.3) is 54.9 Å². The first-order chi connectivity index (χ1) is 20.9. The van der Waals surface area contributed by atoms with Crippen molar-refractivity contribution in [1.82, 2.24) is 0 Å². The predicted molar refractivity (Wildman–Crippen MR) is 198 cm³/mol. The van der Waals surface area contributed by atoms with Gasteiger partial charge in [-0.15, -0.1) is 68.6 Å². The van der Waals surface area contributed by atoms with Gasteiger partial charge in [0, 0.05) is 0 Å². The Hall–Kier alpha value is -3.58. The third-order valence-electron chi connectivity index (χ3n) is 8.14. The molecule has 45 heavy (non-hydrogen) atoms. The average Bonchev–Trinajstić information content (AvgIpc) is 3.63. The summed E-state index contributed by atoms with van der Waals surface area (Å²) in [6.45, 7) is 14.0. The van der Waals surface area contributed by atoms with E-state index < -0.39 is 0 Å². The van der Waals surface area contributed by atoms with Crippen molar-refractivity contribution in [3.05, 3.63) is 170 Å². The Bertz CT molecular complexity index is 1970. The molecule has 0 aliphatic carbocycles. The van der Waals surface area contributed by atoms with Crippen LogP contribution in [0, 0.1) is 49.5 Å². The van der Waals surface area contributed by atoms with Gasteiger partial charge in [0.1, 0.15) is 0 Å². The van der Waals surface area contributed by atoms with Gasteiger partial charge in [0.05, 0.1) is 0 Å². The van der Waals surface area contributed by atoms with Gasteiger partial charge in [-0.25, -0.2) is 0 Å². The van der Waals surface area contributed by atoms with Gasteiger partial charge in [0.25, 0.3) is 0 Å². The van der Waals surface area contributed by atoms with Crippen molar-refractivity contribution in [1.29, 1.82) is 0 Å². The Balaban J connectivity index is 0.000000234. The summed E-state index contributed by atoms with van der Waals surface area (Å²) in [5, 5.41) is 5.39. The Morgan fingerprint density at radius 3 is 1.64 bits per heavy atom. The monoisotopic (exact) mass is 676 g/mol. The summed E-state index contributed by atoms with van der Waals surface area (Å²) in [7, 11) is 0. The van der Waals surface area contributed by atoms with Gasteiger partial charge in [0.15, 0.2) is 0 Å². The zero-order chi connectivity index (χ0) is 30.5. The van der Waals surface area contributed by atoms with Crippen molar-refractivity contribution in [3.8, 4) is 33.4 Å². The van der Waals surface area contributed by atoms with Crippen LogP contribution in [0.1, 0.15) is 27.8 Å². The molecule has 0 heterocycles. The molecule has 0 unspecified atom stereocenters. The second kappa shape index (κ2) is 16.1. The Kier molecular flexibility index (Phi) is 12.9. The molecule has 0 nitrogen and oxygen atoms in total. The molecular weight excluding hydrogens is 636 g/mol. The molecule has 0 atom stereocenters. The number of hydrogen-bond acceptors (Lipinski definition) is 0. The predicted octanol–water partition coefficient (Wildman–Crippen LogP) is 12.2. The zero-order valence-corrected chi connectivity index (χ0v) is 31.1. The van der Waals surface area contributed by atoms with Crippen molar-refractivity contribution in [2.75, 3.05) is 0 Å². The van der Waals surface area contributed by atoms with Gasteiger partial charge in [-0.2, -0.15) is 6.07 Å². The van der Waals surface area contributed by atoms with E-state index in [4.69, 9.17) is 0 Å². The molecule has 0 N–H and O–H groups in total. The normalized spacial score (nSPS) is 10.1. The summed E-state index contributed by atoms with van der Waals surface area (Å²) in [5.74, 6) is 0. The molecule has 2 heteroatoms. The summed E-state index contributed by atoms with van der Waals surface area (Å²) >= 11 is 1.36. The quantitative estimate of drug-likeness (QED) is 0.129. The van der Waals surface area contributed by atoms with Crippen LogP contribution >= 0.6 is 0 Å². The van der Waals surface area contributed by atoms with Crippen molar-refractivity contribution in [2.24, 2.45) is 0 Å². The Morgan fingerprint density at radius 1 is 0.511 bits per heavy atom. The second-order valence-electron chi connectivity index (χ2n) is 11.3. The van der Waals surface area contributed by atoms with E-state index in [0.717, 1.165) is 0 Å². The fourth-order valence-electron chi connectivity index (χ4n) is 6.34. The van der Waals surface area contributed by atoms with Crippen molar-refractivity contribution < 1.29 is 23.3 Å². The Labute approximate surface area is 288 Å². The third kappa shape index (κ3) is 7.81. The molecule has 0 saturated carbocycles. The van der Waals surface area contributed by atoms with Gasteiger partial charge >= 0.3 is 30.2 Å². The molecule has 2 radical (unpaired) electrons. The molecule has 0 saturated heterocycles. The molecule has 7 rings (SSSR count). The molecule has 0 aliphatic rings. The fraction of sp³-hybridized carbons (Fsp3) is 0.116. The summed E-state index contributed by atoms with van der Waals surface area (Å²) in [6.07, 6.45) is 0. The van der Waals surface area contributed by atoms with Gasteiger partial charge in [0.2, 0.25) is 0 Å². The van der Waals surface area contributed by atoms with E-state index in [1.165, 1.54) is 106 Å². The molecule has 0 spiro atoms. The van der Waals surface area contributed by atoms with E-state index in [1.54, 1.807) is 0 Å². The maximum atomic E-state index is 3.06. The average molecular weight is 678 g/mol. The first kappa shape index (κ1) is 35.9. The molecule has 0 fully saturated rings. The van der Waals surface area contributed by atoms with Crippen LogP contribution in [0.2, 0.25) is 0 Å². The SMILES string of the molecule is Cc1cc(C)c(-c2cc3c(-c4ccccc4)cccc3[cH-]2)c(C)c1.Cc1cc2c(-c3ccccc3)ccc(C)c2[cH-]1.[CH3-].[CH3-].[Si]=[Zr]. The van der Waals surface area contributed by atoms with E-state index in [0.29, 0.717) is 0 Å². The van der Waals surface area contributed by atoms with Gasteiger partial charge < -0.3 is 14.9 Å². The van der Waals surface area contributed by atoms with Crippen LogP contribution in [0.3, 0.4) is 0 Å². The number of aryl methyl sites for hydroxylation is 5. The third-order valence-corrected chi connectivity index (χ3v) is 8.14. The van der Waals surface area contributed by atoms with Crippen LogP contribution in [-0.4, -0.2) is 6.88 Å². The zero-order valence-electron chi connectivity index (χ0n) is 27.6. The van der Waals surface area contributed by atoms with E-state index in [-0.39, 0.29) is 14.9 Å². The summed E-state index contributed by atoms with van der Waals surface area (Å²) in [6, 6.07) is 46.1. The molecule has 0 aromatic heterocycles. The number of benzene rings is 5. The van der Waals surface area contributed by atoms with Crippen LogP contribution in [0.15, 0.2) is 127 Å². The van der Waals surface area contributed by atoms with Crippen LogP contribution in [-0.2, 0) is 23.3 Å². The molecule has 226 valence electrons. The minimum absolute atomic E-state index is 0. The van der Waals surface area contributed by atoms with E-state index in [9.17, 15) is 0 Å². The first-order valence-corrected chi connectivity index (χ1v) is 18.9. The van der Waals surface area contributed by atoms with E-state index >= 15 is 0 Å². The minimum atomic E-state index is 0. The van der Waals surface area contributed by atoms with Crippen molar-refractivity contribution >= 4 is 28.4 Å². The van der Waals surface area contributed by atoms with E-state index in [1.807, 2.05) is 0 Å². The second-order valence-corrected chi connectivity index (χ2v) is 11.3. The standard InChI is InChI=1S/C24H21.C17H15.2CH3.Si.Zr/c1-16-12-17(2)24(18(3)13-16)21-14-20-10-7-11-22(23(20)15-21)19-8-5-4-6-9-19;1-12-10-16-13(2)8-9-15(17(16)11-12)14-6-4-3-5-7-14;;;;/h4-15H,1-3H3;3-11H,1-2H3;2*1H3;;/q4*-1;;. The van der Waals surface area contributed by atoms with Crippen LogP contribution in [0.5, 0.6) is 0 Å². The van der Waals surface area contributed by atoms with Crippen LogP contribution in [0.4, 0.5) is 0 Å². The Morgan fingerprint density at radius 2 is 1.07 bits per heavy atom. The molecule has 0 bridgehead atoms. The molecule has 7 aromatic rings. The molecule has 0 aliphatic heterocycles. The first-order valence-electron chi connectivity index (χ1n) is 14.7. The van der Waals surface area contributed by atoms with Gasteiger partial charge in [-0.3, -0.25) is 0 Å². The number of rotatable bonds is 3. The topological polar surface area (TPSA) is 0 Å². The van der Waals surface area contributed by atoms with Gasteiger partial charge in [-0.1, -0.05) is 138 Å². The summed E-state index contributed by atoms with van der Waals surface area (Å²) in [5.41, 5.74) is 14.6. The van der Waals surface area contributed by atoms with E-state index in [2.05, 4.69) is 169 Å². The van der Waals surface area contributed by atoms with Crippen LogP contribution < -0.4 is 0 Å². The van der Waals surface area contributed by atoms with Crippen molar-refractivity contribution in [2.45, 2.75) is 34.6 Å². The molecule has 0 amide bonds. The van der Waals surface area contributed by atoms with Crippen molar-refractivity contribution in [3.63, 3.8) is 0 Å².